The summed E-state index contributed by atoms with van der Waals surface area (Å²) in [6.45, 7) is 1.93. The van der Waals surface area contributed by atoms with E-state index >= 15 is 0 Å². The fraction of sp³-hybridized carbons (Fsp3) is 0.222. The van der Waals surface area contributed by atoms with Crippen molar-refractivity contribution in [1.82, 2.24) is 0 Å². The minimum absolute atomic E-state index is 0.250. The van der Waals surface area contributed by atoms with Gasteiger partial charge in [-0.2, -0.15) is 0 Å². The number of aliphatic hydroxyl groups is 1. The molecule has 0 spiro atoms. The summed E-state index contributed by atoms with van der Waals surface area (Å²) in [5.41, 5.74) is 5.46. The fourth-order valence-corrected chi connectivity index (χ4v) is 0.740. The van der Waals surface area contributed by atoms with Gasteiger partial charge in [0.25, 0.3) is 0 Å². The second kappa shape index (κ2) is 6.46. The van der Waals surface area contributed by atoms with Gasteiger partial charge in [-0.1, -0.05) is 11.6 Å². The highest BCUT2D eigenvalue weighted by Crippen LogP contribution is 2.08. The molecule has 0 atom stereocenters. The molecule has 1 aromatic carbocycles. The van der Waals surface area contributed by atoms with E-state index in [2.05, 4.69) is 0 Å². The van der Waals surface area contributed by atoms with Gasteiger partial charge in [0.05, 0.1) is 0 Å². The van der Waals surface area contributed by atoms with Gasteiger partial charge in [0.2, 0.25) is 5.91 Å². The molecule has 3 nitrogen and oxygen atoms in total. The van der Waals surface area contributed by atoms with Crippen LogP contribution in [0.2, 0.25) is 5.02 Å². The van der Waals surface area contributed by atoms with Crippen LogP contribution < -0.4 is 5.73 Å². The number of carbonyl (C=O) groups is 1. The third kappa shape index (κ3) is 5.22. The number of hydrogen-bond donors (Lipinski definition) is 2. The highest BCUT2D eigenvalue weighted by molar-refractivity contribution is 6.30. The third-order valence-corrected chi connectivity index (χ3v) is 1.38. The lowest BCUT2D eigenvalue weighted by Gasteiger charge is -1.92. The molecular formula is C9H12ClNO2. The maximum atomic E-state index is 10.5. The van der Waals surface area contributed by atoms with Crippen LogP contribution in [0.25, 0.3) is 0 Å². The molecule has 0 aromatic heterocycles. The molecule has 0 bridgehead atoms. The van der Waals surface area contributed by atoms with Gasteiger partial charge in [0, 0.05) is 17.2 Å². The molecule has 0 aliphatic rings. The van der Waals surface area contributed by atoms with Crippen molar-refractivity contribution in [3.63, 3.8) is 0 Å². The molecule has 1 amide bonds. The summed E-state index contributed by atoms with van der Waals surface area (Å²) in [4.78, 5) is 10.5. The Morgan fingerprint density at radius 2 is 1.85 bits per heavy atom. The van der Waals surface area contributed by atoms with Crippen molar-refractivity contribution < 1.29 is 9.90 Å². The number of rotatable bonds is 1. The smallest absolute Gasteiger partial charge is 0.248 e. The minimum Gasteiger partial charge on any atom is -0.397 e. The molecule has 4 heteroatoms. The summed E-state index contributed by atoms with van der Waals surface area (Å²) >= 11 is 5.56. The van der Waals surface area contributed by atoms with E-state index in [9.17, 15) is 4.79 Å². The number of primary amides is 1. The molecule has 0 radical (unpaired) electrons. The number of amides is 1. The van der Waals surface area contributed by atoms with E-state index in [0.29, 0.717) is 10.6 Å². The molecule has 3 N–H and O–H groups in total. The highest BCUT2D eigenvalue weighted by Gasteiger charge is 1.96. The van der Waals surface area contributed by atoms with Crippen LogP contribution in [0, 0.1) is 0 Å². The summed E-state index contributed by atoms with van der Waals surface area (Å²) in [5, 5.41) is 8.17. The third-order valence-electron chi connectivity index (χ3n) is 1.13. The van der Waals surface area contributed by atoms with Crippen molar-refractivity contribution in [2.75, 3.05) is 6.61 Å². The Balaban J connectivity index is 0.000000424. The van der Waals surface area contributed by atoms with E-state index in [1.165, 1.54) is 0 Å². The monoisotopic (exact) mass is 201 g/mol. The van der Waals surface area contributed by atoms with Gasteiger partial charge in [0.15, 0.2) is 0 Å². The van der Waals surface area contributed by atoms with Gasteiger partial charge < -0.3 is 10.8 Å². The van der Waals surface area contributed by atoms with Crippen LogP contribution in [-0.4, -0.2) is 17.6 Å². The molecule has 1 rings (SSSR count). The maximum absolute atomic E-state index is 10.5. The van der Waals surface area contributed by atoms with Crippen molar-refractivity contribution in [2.45, 2.75) is 6.92 Å². The lowest BCUT2D eigenvalue weighted by atomic mass is 10.2. The van der Waals surface area contributed by atoms with Crippen LogP contribution in [0.5, 0.6) is 0 Å². The van der Waals surface area contributed by atoms with Crippen LogP contribution in [0.1, 0.15) is 17.3 Å². The van der Waals surface area contributed by atoms with Gasteiger partial charge >= 0.3 is 0 Å². The Labute approximate surface area is 82.1 Å². The first kappa shape index (κ1) is 11.9. The number of aliphatic hydroxyl groups excluding tert-OH is 1. The Morgan fingerprint density at radius 1 is 1.46 bits per heavy atom. The van der Waals surface area contributed by atoms with E-state index in [4.69, 9.17) is 22.4 Å². The molecule has 0 fully saturated rings. The number of nitrogens with two attached hydrogens (primary N) is 1. The first-order valence-electron chi connectivity index (χ1n) is 3.78. The molecule has 0 unspecified atom stereocenters. The van der Waals surface area contributed by atoms with Crippen LogP contribution >= 0.6 is 11.6 Å². The van der Waals surface area contributed by atoms with Crippen molar-refractivity contribution in [3.8, 4) is 0 Å². The normalized spacial score (nSPS) is 8.54. The zero-order valence-corrected chi connectivity index (χ0v) is 8.08. The predicted molar refractivity (Wildman–Crippen MR) is 52.7 cm³/mol. The molecule has 0 aliphatic heterocycles. The second-order valence-electron chi connectivity index (χ2n) is 2.19. The lowest BCUT2D eigenvalue weighted by molar-refractivity contribution is 0.100. The highest BCUT2D eigenvalue weighted by atomic mass is 35.5. The van der Waals surface area contributed by atoms with Crippen molar-refractivity contribution in [2.24, 2.45) is 5.73 Å². The number of carbonyl (C=O) groups excluding carboxylic acids is 1. The van der Waals surface area contributed by atoms with Crippen LogP contribution in [0.3, 0.4) is 0 Å². The summed E-state index contributed by atoms with van der Waals surface area (Å²) in [6, 6.07) is 6.43. The van der Waals surface area contributed by atoms with Gasteiger partial charge in [-0.25, -0.2) is 0 Å². The summed E-state index contributed by atoms with van der Waals surface area (Å²) in [7, 11) is 0. The number of hydrogen-bond acceptors (Lipinski definition) is 2. The van der Waals surface area contributed by atoms with E-state index in [0.717, 1.165) is 0 Å². The van der Waals surface area contributed by atoms with E-state index in [1.54, 1.807) is 31.2 Å². The molecular weight excluding hydrogens is 190 g/mol. The molecule has 0 heterocycles. The van der Waals surface area contributed by atoms with Crippen LogP contribution in [-0.2, 0) is 0 Å². The van der Waals surface area contributed by atoms with E-state index < -0.39 is 5.91 Å². The first-order valence-corrected chi connectivity index (χ1v) is 4.15. The van der Waals surface area contributed by atoms with Gasteiger partial charge in [-0.3, -0.25) is 4.79 Å². The average Bonchev–Trinajstić information content (AvgIpc) is 2.06. The number of benzene rings is 1. The standard InChI is InChI=1S/C7H6ClNO.C2H6O/c8-6-3-1-5(2-4-6)7(9)10;1-2-3/h1-4H,(H2,9,10);3H,2H2,1H3. The van der Waals surface area contributed by atoms with Gasteiger partial charge in [-0.15, -0.1) is 0 Å². The molecule has 1 aromatic rings. The van der Waals surface area contributed by atoms with Crippen molar-refractivity contribution in [1.29, 1.82) is 0 Å². The zero-order valence-electron chi connectivity index (χ0n) is 7.33. The first-order chi connectivity index (χ1) is 6.11. The average molecular weight is 202 g/mol. The van der Waals surface area contributed by atoms with Crippen LogP contribution in [0.4, 0.5) is 0 Å². The fourth-order valence-electron chi connectivity index (χ4n) is 0.614. The molecule has 0 aliphatic carbocycles. The minimum atomic E-state index is -0.434. The summed E-state index contributed by atoms with van der Waals surface area (Å²) in [5.74, 6) is -0.434. The molecule has 13 heavy (non-hydrogen) atoms. The summed E-state index contributed by atoms with van der Waals surface area (Å²) in [6.07, 6.45) is 0. The Morgan fingerprint density at radius 3 is 2.15 bits per heavy atom. The largest absolute Gasteiger partial charge is 0.397 e. The van der Waals surface area contributed by atoms with Crippen LogP contribution in [0.15, 0.2) is 24.3 Å². The molecule has 72 valence electrons. The lowest BCUT2D eigenvalue weighted by Crippen LogP contribution is -2.10. The topological polar surface area (TPSA) is 63.3 Å². The Kier molecular flexibility index (Phi) is 5.93. The van der Waals surface area contributed by atoms with Gasteiger partial charge in [-0.05, 0) is 31.2 Å². The SMILES string of the molecule is CCO.NC(=O)c1ccc(Cl)cc1. The predicted octanol–water partition coefficient (Wildman–Crippen LogP) is 1.44. The van der Waals surface area contributed by atoms with Crippen molar-refractivity contribution >= 4 is 17.5 Å². The van der Waals surface area contributed by atoms with Crippen molar-refractivity contribution in [3.05, 3.63) is 34.9 Å². The quantitative estimate of drug-likeness (QED) is 0.722. The Hall–Kier alpha value is -1.06. The Bertz CT molecular complexity index is 259. The molecule has 0 saturated carbocycles. The summed E-state index contributed by atoms with van der Waals surface area (Å²) < 4.78 is 0. The second-order valence-corrected chi connectivity index (χ2v) is 2.62. The zero-order chi connectivity index (χ0) is 10.3. The van der Waals surface area contributed by atoms with E-state index in [1.807, 2.05) is 0 Å². The molecule has 0 saturated heterocycles. The number of halogens is 1. The maximum Gasteiger partial charge on any atom is 0.248 e. The van der Waals surface area contributed by atoms with E-state index in [-0.39, 0.29) is 6.61 Å². The van der Waals surface area contributed by atoms with Gasteiger partial charge in [0.1, 0.15) is 0 Å².